The molecule has 3 rings (SSSR count). The Kier molecular flexibility index (Phi) is 6.49. The van der Waals surface area contributed by atoms with Gasteiger partial charge in [0.1, 0.15) is 0 Å². The Morgan fingerprint density at radius 3 is 1.36 bits per heavy atom. The van der Waals surface area contributed by atoms with Gasteiger partial charge in [0.15, 0.2) is 0 Å². The molecule has 0 aliphatic heterocycles. The van der Waals surface area contributed by atoms with E-state index < -0.39 is 5.97 Å². The van der Waals surface area contributed by atoms with Gasteiger partial charge in [-0.15, -0.1) is 0 Å². The Balaban J connectivity index is 2.01. The average molecular weight is 373 g/mol. The summed E-state index contributed by atoms with van der Waals surface area (Å²) in [5.41, 5.74) is 6.01. The highest BCUT2D eigenvalue weighted by atomic mass is 16.4. The fraction of sp³-hybridized carbons (Fsp3) is 0.240. The minimum absolute atomic E-state index is 0.292. The van der Waals surface area contributed by atoms with Crippen LogP contribution in [0.3, 0.4) is 0 Å². The molecule has 0 radical (unpaired) electrons. The third kappa shape index (κ3) is 4.61. The first-order chi connectivity index (χ1) is 13.6. The molecule has 0 aliphatic rings. The highest BCUT2D eigenvalue weighted by Crippen LogP contribution is 2.35. The number of hydrogen-bond acceptors (Lipinski definition) is 2. The van der Waals surface area contributed by atoms with Crippen LogP contribution in [0.1, 0.15) is 48.2 Å². The zero-order valence-electron chi connectivity index (χ0n) is 16.6. The van der Waals surface area contributed by atoms with Crippen molar-refractivity contribution >= 4 is 23.0 Å². The second-order valence-corrected chi connectivity index (χ2v) is 7.02. The maximum atomic E-state index is 11.2. The van der Waals surface area contributed by atoms with Crippen molar-refractivity contribution in [2.24, 2.45) is 0 Å². The fourth-order valence-electron chi connectivity index (χ4n) is 3.40. The number of aromatic carboxylic acids is 1. The van der Waals surface area contributed by atoms with Crippen LogP contribution in [0.5, 0.6) is 0 Å². The molecule has 3 nitrogen and oxygen atoms in total. The standard InChI is InChI=1S/C25H27NO2/c1-3-5-19-7-13-22(14-8-19)26(23-15-9-20(6-4-2)10-16-23)24-17-11-21(12-18-24)25(27)28/h7-18H,3-6H2,1-2H3,(H,27,28). The van der Waals surface area contributed by atoms with Gasteiger partial charge in [0.25, 0.3) is 0 Å². The summed E-state index contributed by atoms with van der Waals surface area (Å²) < 4.78 is 0. The largest absolute Gasteiger partial charge is 0.478 e. The monoisotopic (exact) mass is 373 g/mol. The second kappa shape index (κ2) is 9.23. The van der Waals surface area contributed by atoms with Gasteiger partial charge in [-0.25, -0.2) is 4.79 Å². The summed E-state index contributed by atoms with van der Waals surface area (Å²) in [6, 6.07) is 24.3. The van der Waals surface area contributed by atoms with Crippen LogP contribution < -0.4 is 4.90 Å². The van der Waals surface area contributed by atoms with Gasteiger partial charge >= 0.3 is 5.97 Å². The van der Waals surface area contributed by atoms with Crippen molar-refractivity contribution in [2.45, 2.75) is 39.5 Å². The Morgan fingerprint density at radius 2 is 1.04 bits per heavy atom. The predicted octanol–water partition coefficient (Wildman–Crippen LogP) is 6.76. The summed E-state index contributed by atoms with van der Waals surface area (Å²) in [6.07, 6.45) is 4.38. The van der Waals surface area contributed by atoms with Crippen LogP contribution in [0.15, 0.2) is 72.8 Å². The Bertz CT molecular complexity index is 847. The molecular formula is C25H27NO2. The van der Waals surface area contributed by atoms with E-state index in [0.717, 1.165) is 42.7 Å². The minimum Gasteiger partial charge on any atom is -0.478 e. The maximum absolute atomic E-state index is 11.2. The zero-order valence-corrected chi connectivity index (χ0v) is 16.6. The molecule has 1 N–H and O–H groups in total. The molecule has 0 heterocycles. The molecule has 3 heteroatoms. The lowest BCUT2D eigenvalue weighted by Gasteiger charge is -2.26. The molecule has 0 saturated heterocycles. The molecule has 0 saturated carbocycles. The summed E-state index contributed by atoms with van der Waals surface area (Å²) in [5, 5.41) is 9.20. The van der Waals surface area contributed by atoms with Crippen LogP contribution in [-0.2, 0) is 12.8 Å². The van der Waals surface area contributed by atoms with Crippen molar-refractivity contribution in [3.63, 3.8) is 0 Å². The molecule has 0 atom stereocenters. The summed E-state index contributed by atoms with van der Waals surface area (Å²) >= 11 is 0. The highest BCUT2D eigenvalue weighted by molar-refractivity contribution is 5.88. The van der Waals surface area contributed by atoms with E-state index >= 15 is 0 Å². The molecule has 144 valence electrons. The number of hydrogen-bond donors (Lipinski definition) is 1. The molecule has 3 aromatic rings. The average Bonchev–Trinajstić information content (AvgIpc) is 2.72. The Hall–Kier alpha value is -3.07. The van der Waals surface area contributed by atoms with Gasteiger partial charge in [0.2, 0.25) is 0 Å². The van der Waals surface area contributed by atoms with E-state index in [0.29, 0.717) is 5.56 Å². The lowest BCUT2D eigenvalue weighted by atomic mass is 10.1. The molecule has 28 heavy (non-hydrogen) atoms. The van der Waals surface area contributed by atoms with E-state index in [1.165, 1.54) is 11.1 Å². The molecule has 3 aromatic carbocycles. The van der Waals surface area contributed by atoms with Gasteiger partial charge in [0, 0.05) is 17.1 Å². The number of aryl methyl sites for hydroxylation is 2. The fourth-order valence-corrected chi connectivity index (χ4v) is 3.40. The SMILES string of the molecule is CCCc1ccc(N(c2ccc(CCC)cc2)c2ccc(C(=O)O)cc2)cc1. The van der Waals surface area contributed by atoms with Crippen LogP contribution in [0.4, 0.5) is 17.1 Å². The third-order valence-corrected chi connectivity index (χ3v) is 4.84. The maximum Gasteiger partial charge on any atom is 0.335 e. The second-order valence-electron chi connectivity index (χ2n) is 7.02. The topological polar surface area (TPSA) is 40.5 Å². The molecule has 0 fully saturated rings. The van der Waals surface area contributed by atoms with Crippen LogP contribution in [-0.4, -0.2) is 11.1 Å². The third-order valence-electron chi connectivity index (χ3n) is 4.84. The summed E-state index contributed by atoms with van der Waals surface area (Å²) in [5.74, 6) is -0.911. The number of carbonyl (C=O) groups is 1. The molecule has 0 aromatic heterocycles. The van der Waals surface area contributed by atoms with Crippen LogP contribution in [0, 0.1) is 0 Å². The van der Waals surface area contributed by atoms with Crippen molar-refractivity contribution in [1.82, 2.24) is 0 Å². The van der Waals surface area contributed by atoms with Gasteiger partial charge in [-0.1, -0.05) is 51.0 Å². The summed E-state index contributed by atoms with van der Waals surface area (Å²) in [6.45, 7) is 4.37. The van der Waals surface area contributed by atoms with Crippen molar-refractivity contribution in [3.8, 4) is 0 Å². The normalized spacial score (nSPS) is 10.6. The lowest BCUT2D eigenvalue weighted by molar-refractivity contribution is 0.0697. The van der Waals surface area contributed by atoms with Gasteiger partial charge in [-0.2, -0.15) is 0 Å². The smallest absolute Gasteiger partial charge is 0.335 e. The van der Waals surface area contributed by atoms with Gasteiger partial charge in [-0.05, 0) is 72.5 Å². The number of anilines is 3. The van der Waals surface area contributed by atoms with E-state index in [-0.39, 0.29) is 0 Å². The number of nitrogens with zero attached hydrogens (tertiary/aromatic N) is 1. The quantitative estimate of drug-likeness (QED) is 0.474. The Morgan fingerprint density at radius 1 is 0.679 bits per heavy atom. The molecule has 0 unspecified atom stereocenters. The van der Waals surface area contributed by atoms with Crippen LogP contribution >= 0.6 is 0 Å². The first kappa shape index (κ1) is 19.7. The lowest BCUT2D eigenvalue weighted by Crippen LogP contribution is -2.10. The summed E-state index contributed by atoms with van der Waals surface area (Å²) in [7, 11) is 0. The van der Waals surface area contributed by atoms with Gasteiger partial charge in [0.05, 0.1) is 5.56 Å². The number of carboxylic acids is 1. The molecular weight excluding hydrogens is 346 g/mol. The molecule has 0 bridgehead atoms. The van der Waals surface area contributed by atoms with E-state index in [1.54, 1.807) is 12.1 Å². The van der Waals surface area contributed by atoms with Crippen molar-refractivity contribution in [1.29, 1.82) is 0 Å². The van der Waals surface area contributed by atoms with Crippen LogP contribution in [0.25, 0.3) is 0 Å². The van der Waals surface area contributed by atoms with Crippen molar-refractivity contribution in [2.75, 3.05) is 4.90 Å². The number of carboxylic acid groups (broad SMARTS) is 1. The minimum atomic E-state index is -0.911. The zero-order chi connectivity index (χ0) is 19.9. The summed E-state index contributed by atoms with van der Waals surface area (Å²) in [4.78, 5) is 13.4. The highest BCUT2D eigenvalue weighted by Gasteiger charge is 2.13. The number of benzene rings is 3. The Labute approximate surface area is 167 Å². The molecule has 0 aliphatic carbocycles. The van der Waals surface area contributed by atoms with Gasteiger partial charge in [-0.3, -0.25) is 0 Å². The molecule has 0 amide bonds. The first-order valence-electron chi connectivity index (χ1n) is 9.93. The number of rotatable bonds is 8. The van der Waals surface area contributed by atoms with Crippen molar-refractivity contribution in [3.05, 3.63) is 89.5 Å². The van der Waals surface area contributed by atoms with Crippen LogP contribution in [0.2, 0.25) is 0 Å². The van der Waals surface area contributed by atoms with Gasteiger partial charge < -0.3 is 10.0 Å². The first-order valence-corrected chi connectivity index (χ1v) is 9.93. The van der Waals surface area contributed by atoms with E-state index in [9.17, 15) is 9.90 Å². The van der Waals surface area contributed by atoms with E-state index in [1.807, 2.05) is 12.1 Å². The molecule has 0 spiro atoms. The predicted molar refractivity (Wildman–Crippen MR) is 116 cm³/mol. The van der Waals surface area contributed by atoms with E-state index in [4.69, 9.17) is 0 Å². The van der Waals surface area contributed by atoms with Crippen molar-refractivity contribution < 1.29 is 9.90 Å². The van der Waals surface area contributed by atoms with E-state index in [2.05, 4.69) is 67.3 Å².